The fourth-order valence-electron chi connectivity index (χ4n) is 2.70. The van der Waals surface area contributed by atoms with Crippen molar-refractivity contribution in [3.05, 3.63) is 83.9 Å². The highest BCUT2D eigenvalue weighted by Gasteiger charge is 2.48. The smallest absolute Gasteiger partial charge is 0.294 e. The van der Waals surface area contributed by atoms with Crippen molar-refractivity contribution < 1.29 is 23.4 Å². The second-order valence-electron chi connectivity index (χ2n) is 6.00. The summed E-state index contributed by atoms with van der Waals surface area (Å²) >= 11 is 0. The normalized spacial score (nSPS) is 25.0. The first-order chi connectivity index (χ1) is 12.1. The minimum Gasteiger partial charge on any atom is -0.384 e. The molecule has 1 N–H and O–H groups in total. The molecule has 0 bridgehead atoms. The molecular formula is C20H20F2O3. The second-order valence-corrected chi connectivity index (χ2v) is 6.00. The molecule has 0 heterocycles. The maximum Gasteiger partial charge on any atom is 0.294 e. The van der Waals surface area contributed by atoms with Gasteiger partial charge in [0, 0.05) is 0 Å². The lowest BCUT2D eigenvalue weighted by Gasteiger charge is -2.36. The van der Waals surface area contributed by atoms with Crippen LogP contribution in [0.1, 0.15) is 11.1 Å². The number of halogens is 2. The highest BCUT2D eigenvalue weighted by molar-refractivity contribution is 5.17. The van der Waals surface area contributed by atoms with Crippen molar-refractivity contribution in [3.8, 4) is 0 Å². The number of benzene rings is 2. The monoisotopic (exact) mass is 346 g/mol. The predicted molar refractivity (Wildman–Crippen MR) is 90.1 cm³/mol. The van der Waals surface area contributed by atoms with E-state index in [0.717, 1.165) is 11.1 Å². The van der Waals surface area contributed by atoms with Crippen LogP contribution < -0.4 is 0 Å². The Bertz CT molecular complexity index is 689. The van der Waals surface area contributed by atoms with E-state index in [9.17, 15) is 13.9 Å². The molecule has 1 aliphatic carbocycles. The molecule has 0 saturated carbocycles. The lowest BCUT2D eigenvalue weighted by Crippen LogP contribution is -2.52. The molecule has 0 fully saturated rings. The van der Waals surface area contributed by atoms with E-state index in [2.05, 4.69) is 0 Å². The number of rotatable bonds is 6. The third-order valence-electron chi connectivity index (χ3n) is 4.11. The van der Waals surface area contributed by atoms with E-state index in [0.29, 0.717) is 6.08 Å². The Balaban J connectivity index is 1.69. The van der Waals surface area contributed by atoms with Crippen LogP contribution in [0.3, 0.4) is 0 Å². The minimum atomic E-state index is -3.34. The zero-order valence-electron chi connectivity index (χ0n) is 13.6. The molecule has 1 aliphatic rings. The van der Waals surface area contributed by atoms with Crippen LogP contribution in [0.15, 0.2) is 72.8 Å². The van der Waals surface area contributed by atoms with Gasteiger partial charge >= 0.3 is 0 Å². The molecule has 2 aromatic rings. The highest BCUT2D eigenvalue weighted by atomic mass is 19.3. The van der Waals surface area contributed by atoms with Crippen LogP contribution in [0, 0.1) is 0 Å². The predicted octanol–water partition coefficient (Wildman–Crippen LogP) is 3.72. The standard InChI is InChI=1S/C20H20F2O3/c21-20(22)12-11-17(24-13-15-7-3-1-4-8-15)18(19(20)23)25-14-16-9-5-2-6-10-16/h1-12,17-19,23H,13-14H2/t17-,18+,19-/m0/s1. The third kappa shape index (κ3) is 4.51. The highest BCUT2D eigenvalue weighted by Crippen LogP contribution is 2.32. The quantitative estimate of drug-likeness (QED) is 0.810. The van der Waals surface area contributed by atoms with Gasteiger partial charge in [0.05, 0.1) is 13.2 Å². The molecule has 2 aromatic carbocycles. The summed E-state index contributed by atoms with van der Waals surface area (Å²) in [5.74, 6) is -3.34. The van der Waals surface area contributed by atoms with E-state index >= 15 is 0 Å². The maximum atomic E-state index is 13.8. The molecule has 0 aromatic heterocycles. The molecule has 132 valence electrons. The first-order valence-electron chi connectivity index (χ1n) is 8.12. The van der Waals surface area contributed by atoms with Crippen LogP contribution in [0.4, 0.5) is 8.78 Å². The van der Waals surface area contributed by atoms with Gasteiger partial charge in [0.1, 0.15) is 12.2 Å². The number of aliphatic hydroxyl groups excluding tert-OH is 1. The Morgan fingerprint density at radius 2 is 1.36 bits per heavy atom. The van der Waals surface area contributed by atoms with Gasteiger partial charge in [-0.15, -0.1) is 0 Å². The van der Waals surface area contributed by atoms with E-state index in [4.69, 9.17) is 9.47 Å². The molecule has 0 saturated heterocycles. The maximum absolute atomic E-state index is 13.8. The number of alkyl halides is 2. The second kappa shape index (κ2) is 7.87. The molecule has 3 rings (SSSR count). The van der Waals surface area contributed by atoms with E-state index in [-0.39, 0.29) is 13.2 Å². The van der Waals surface area contributed by atoms with Crippen molar-refractivity contribution >= 4 is 0 Å². The van der Waals surface area contributed by atoms with Crippen molar-refractivity contribution in [2.24, 2.45) is 0 Å². The van der Waals surface area contributed by atoms with E-state index in [1.165, 1.54) is 6.08 Å². The lowest BCUT2D eigenvalue weighted by molar-refractivity contribution is -0.186. The van der Waals surface area contributed by atoms with Crippen LogP contribution in [0.5, 0.6) is 0 Å². The summed E-state index contributed by atoms with van der Waals surface area (Å²) in [6, 6.07) is 18.6. The zero-order chi connectivity index (χ0) is 17.7. The van der Waals surface area contributed by atoms with E-state index < -0.39 is 24.2 Å². The summed E-state index contributed by atoms with van der Waals surface area (Å²) < 4.78 is 39.0. The fraction of sp³-hybridized carbons (Fsp3) is 0.300. The third-order valence-corrected chi connectivity index (χ3v) is 4.11. The van der Waals surface area contributed by atoms with Gasteiger partial charge in [0.2, 0.25) is 0 Å². The van der Waals surface area contributed by atoms with Crippen LogP contribution in [-0.4, -0.2) is 29.3 Å². The molecule has 0 radical (unpaired) electrons. The lowest BCUT2D eigenvalue weighted by atomic mass is 9.95. The average molecular weight is 346 g/mol. The Morgan fingerprint density at radius 3 is 1.92 bits per heavy atom. The Kier molecular flexibility index (Phi) is 5.58. The Morgan fingerprint density at radius 1 is 0.840 bits per heavy atom. The number of ether oxygens (including phenoxy) is 2. The van der Waals surface area contributed by atoms with Crippen LogP contribution in [0.2, 0.25) is 0 Å². The van der Waals surface area contributed by atoms with Crippen molar-refractivity contribution in [2.75, 3.05) is 0 Å². The molecule has 0 unspecified atom stereocenters. The van der Waals surface area contributed by atoms with Crippen molar-refractivity contribution in [1.82, 2.24) is 0 Å². The van der Waals surface area contributed by atoms with Gasteiger partial charge in [0.15, 0.2) is 6.10 Å². The molecular weight excluding hydrogens is 326 g/mol. The fourth-order valence-corrected chi connectivity index (χ4v) is 2.70. The largest absolute Gasteiger partial charge is 0.384 e. The Labute approximate surface area is 145 Å². The summed E-state index contributed by atoms with van der Waals surface area (Å²) in [4.78, 5) is 0. The summed E-state index contributed by atoms with van der Waals surface area (Å²) in [5, 5.41) is 10.0. The summed E-state index contributed by atoms with van der Waals surface area (Å²) in [7, 11) is 0. The van der Waals surface area contributed by atoms with Gasteiger partial charge in [-0.05, 0) is 17.2 Å². The average Bonchev–Trinajstić information content (AvgIpc) is 2.64. The summed E-state index contributed by atoms with van der Waals surface area (Å²) in [6.07, 6.45) is -1.90. The first kappa shape index (κ1) is 17.7. The van der Waals surface area contributed by atoms with E-state index in [1.54, 1.807) is 0 Å². The molecule has 5 heteroatoms. The summed E-state index contributed by atoms with van der Waals surface area (Å²) in [6.45, 7) is 0.372. The number of hydrogen-bond acceptors (Lipinski definition) is 3. The van der Waals surface area contributed by atoms with Gasteiger partial charge in [-0.1, -0.05) is 66.7 Å². The van der Waals surface area contributed by atoms with Gasteiger partial charge in [0.25, 0.3) is 5.92 Å². The molecule has 3 nitrogen and oxygen atoms in total. The van der Waals surface area contributed by atoms with Crippen LogP contribution >= 0.6 is 0 Å². The molecule has 25 heavy (non-hydrogen) atoms. The summed E-state index contributed by atoms with van der Waals surface area (Å²) in [5.41, 5.74) is 1.76. The van der Waals surface area contributed by atoms with Crippen molar-refractivity contribution in [2.45, 2.75) is 37.4 Å². The van der Waals surface area contributed by atoms with Crippen molar-refractivity contribution in [1.29, 1.82) is 0 Å². The van der Waals surface area contributed by atoms with Gasteiger partial charge < -0.3 is 14.6 Å². The molecule has 0 aliphatic heterocycles. The minimum absolute atomic E-state index is 0.123. The van der Waals surface area contributed by atoms with Crippen molar-refractivity contribution in [3.63, 3.8) is 0 Å². The van der Waals surface area contributed by atoms with Gasteiger partial charge in [-0.3, -0.25) is 0 Å². The Hall–Kier alpha value is -2.08. The van der Waals surface area contributed by atoms with Gasteiger partial charge in [-0.2, -0.15) is 8.78 Å². The molecule has 3 atom stereocenters. The van der Waals surface area contributed by atoms with Crippen LogP contribution in [-0.2, 0) is 22.7 Å². The SMILES string of the molecule is O[C@H]1[C@H](OCc2ccccc2)[C@@H](OCc2ccccc2)C=CC1(F)F. The van der Waals surface area contributed by atoms with Gasteiger partial charge in [-0.25, -0.2) is 0 Å². The molecule has 0 spiro atoms. The molecule has 0 amide bonds. The topological polar surface area (TPSA) is 38.7 Å². The first-order valence-corrected chi connectivity index (χ1v) is 8.12. The number of aliphatic hydroxyl groups is 1. The zero-order valence-corrected chi connectivity index (χ0v) is 13.6. The number of hydrogen-bond donors (Lipinski definition) is 1. The van der Waals surface area contributed by atoms with Crippen LogP contribution in [0.25, 0.3) is 0 Å². The van der Waals surface area contributed by atoms with E-state index in [1.807, 2.05) is 60.7 Å².